The highest BCUT2D eigenvalue weighted by Crippen LogP contribution is 2.21. The highest BCUT2D eigenvalue weighted by atomic mass is 35.5. The molecule has 1 unspecified atom stereocenters. The predicted molar refractivity (Wildman–Crippen MR) is 34.5 cm³/mol. The second-order valence-corrected chi connectivity index (χ2v) is 2.56. The van der Waals surface area contributed by atoms with Gasteiger partial charge in [0.15, 0.2) is 5.82 Å². The van der Waals surface area contributed by atoms with Crippen LogP contribution in [0.3, 0.4) is 0 Å². The SMILES string of the molecule is C=C[P+](=O)OCCCl. The Bertz CT molecular complexity index is 94.0. The summed E-state index contributed by atoms with van der Waals surface area (Å²) < 4.78 is 14.9. The van der Waals surface area contributed by atoms with Gasteiger partial charge in [-0.2, -0.15) is 0 Å². The van der Waals surface area contributed by atoms with Gasteiger partial charge in [0.25, 0.3) is 0 Å². The molecule has 0 aromatic rings. The number of rotatable bonds is 4. The molecule has 1 atom stereocenters. The van der Waals surface area contributed by atoms with Gasteiger partial charge in [0, 0.05) is 0 Å². The maximum atomic E-state index is 10.3. The zero-order valence-electron chi connectivity index (χ0n) is 4.34. The molecule has 0 aromatic carbocycles. The smallest absolute Gasteiger partial charge is 0.141 e. The van der Waals surface area contributed by atoms with Crippen molar-refractivity contribution in [3.8, 4) is 0 Å². The summed E-state index contributed by atoms with van der Waals surface area (Å²) in [6.07, 6.45) is 0. The maximum Gasteiger partial charge on any atom is 0.540 e. The molecular weight excluding hydrogens is 146 g/mol. The second kappa shape index (κ2) is 5.23. The third-order valence-electron chi connectivity index (χ3n) is 0.445. The van der Waals surface area contributed by atoms with E-state index >= 15 is 0 Å². The summed E-state index contributed by atoms with van der Waals surface area (Å²) in [6, 6.07) is 0. The Kier molecular flexibility index (Phi) is 5.29. The number of halogens is 1. The Morgan fingerprint density at radius 1 is 1.88 bits per heavy atom. The molecule has 0 spiro atoms. The zero-order chi connectivity index (χ0) is 6.41. The van der Waals surface area contributed by atoms with E-state index in [0.717, 1.165) is 0 Å². The summed E-state index contributed by atoms with van der Waals surface area (Å²) in [5, 5.41) is 0. The lowest BCUT2D eigenvalue weighted by molar-refractivity contribution is 0.359. The molecule has 0 saturated heterocycles. The van der Waals surface area contributed by atoms with Gasteiger partial charge in [-0.15, -0.1) is 16.1 Å². The van der Waals surface area contributed by atoms with Gasteiger partial charge >= 0.3 is 8.03 Å². The minimum absolute atomic E-state index is 0.322. The first-order valence-corrected chi connectivity index (χ1v) is 3.87. The Morgan fingerprint density at radius 3 is 2.88 bits per heavy atom. The van der Waals surface area contributed by atoms with Gasteiger partial charge in [-0.25, -0.2) is 0 Å². The average Bonchev–Trinajstić information content (AvgIpc) is 1.83. The fraction of sp³-hybridized carbons (Fsp3) is 0.500. The maximum absolute atomic E-state index is 10.3. The molecule has 0 saturated carbocycles. The van der Waals surface area contributed by atoms with Crippen molar-refractivity contribution in [2.75, 3.05) is 12.5 Å². The molecule has 0 radical (unpaired) electrons. The number of alkyl halides is 1. The number of hydrogen-bond acceptors (Lipinski definition) is 2. The van der Waals surface area contributed by atoms with Crippen molar-refractivity contribution in [1.82, 2.24) is 0 Å². The van der Waals surface area contributed by atoms with Gasteiger partial charge in [-0.1, -0.05) is 0 Å². The van der Waals surface area contributed by atoms with Crippen molar-refractivity contribution >= 4 is 19.6 Å². The van der Waals surface area contributed by atoms with Crippen LogP contribution in [0, 0.1) is 0 Å². The molecule has 0 rings (SSSR count). The Hall–Kier alpha value is 0.0900. The van der Waals surface area contributed by atoms with Crippen LogP contribution in [0.1, 0.15) is 0 Å². The minimum atomic E-state index is -1.65. The summed E-state index contributed by atoms with van der Waals surface area (Å²) in [5.41, 5.74) is 0. The minimum Gasteiger partial charge on any atom is -0.141 e. The third kappa shape index (κ3) is 4.25. The van der Waals surface area contributed by atoms with Crippen molar-refractivity contribution in [1.29, 1.82) is 0 Å². The van der Waals surface area contributed by atoms with Crippen LogP contribution in [0.25, 0.3) is 0 Å². The van der Waals surface area contributed by atoms with Crippen molar-refractivity contribution in [3.05, 3.63) is 12.4 Å². The van der Waals surface area contributed by atoms with Crippen LogP contribution in [-0.2, 0) is 9.09 Å². The van der Waals surface area contributed by atoms with E-state index < -0.39 is 8.03 Å². The van der Waals surface area contributed by atoms with Gasteiger partial charge < -0.3 is 0 Å². The first kappa shape index (κ1) is 8.09. The number of hydrogen-bond donors (Lipinski definition) is 0. The fourth-order valence-electron chi connectivity index (χ4n) is 0.177. The van der Waals surface area contributed by atoms with Crippen LogP contribution < -0.4 is 0 Å². The predicted octanol–water partition coefficient (Wildman–Crippen LogP) is 2.13. The van der Waals surface area contributed by atoms with Crippen LogP contribution in [-0.4, -0.2) is 12.5 Å². The largest absolute Gasteiger partial charge is 0.540 e. The summed E-state index contributed by atoms with van der Waals surface area (Å²) in [7, 11) is -1.65. The molecule has 0 amide bonds. The van der Waals surface area contributed by atoms with Gasteiger partial charge in [-0.3, -0.25) is 0 Å². The van der Waals surface area contributed by atoms with Gasteiger partial charge in [0.2, 0.25) is 0 Å². The molecule has 0 N–H and O–H groups in total. The molecule has 4 heteroatoms. The van der Waals surface area contributed by atoms with Crippen molar-refractivity contribution in [2.24, 2.45) is 0 Å². The van der Waals surface area contributed by atoms with E-state index in [1.54, 1.807) is 0 Å². The highest BCUT2D eigenvalue weighted by Gasteiger charge is 2.07. The molecule has 0 bridgehead atoms. The molecule has 46 valence electrons. The summed E-state index contributed by atoms with van der Waals surface area (Å²) in [4.78, 5) is 0. The standard InChI is InChI=1S/C4H7ClO2P/c1-2-8(6)7-4-3-5/h2H,1,3-4H2/q+1. The highest BCUT2D eigenvalue weighted by molar-refractivity contribution is 7.42. The van der Waals surface area contributed by atoms with Crippen LogP contribution >= 0.6 is 19.6 Å². The lowest BCUT2D eigenvalue weighted by Crippen LogP contribution is -1.83. The van der Waals surface area contributed by atoms with E-state index in [9.17, 15) is 4.57 Å². The Morgan fingerprint density at radius 2 is 2.50 bits per heavy atom. The van der Waals surface area contributed by atoms with E-state index in [2.05, 4.69) is 11.1 Å². The normalized spacial score (nSPS) is 10.9. The quantitative estimate of drug-likeness (QED) is 0.457. The average molecular weight is 154 g/mol. The first-order valence-electron chi connectivity index (χ1n) is 2.09. The van der Waals surface area contributed by atoms with E-state index in [-0.39, 0.29) is 0 Å². The Balaban J connectivity index is 3.11. The van der Waals surface area contributed by atoms with E-state index in [1.807, 2.05) is 0 Å². The van der Waals surface area contributed by atoms with Crippen molar-refractivity contribution < 1.29 is 9.09 Å². The van der Waals surface area contributed by atoms with Crippen molar-refractivity contribution in [2.45, 2.75) is 0 Å². The molecule has 0 aromatic heterocycles. The van der Waals surface area contributed by atoms with Crippen LogP contribution in [0.15, 0.2) is 12.4 Å². The molecule has 0 heterocycles. The van der Waals surface area contributed by atoms with Gasteiger partial charge in [-0.05, 0) is 11.1 Å². The fourth-order valence-corrected chi connectivity index (χ4v) is 0.739. The van der Waals surface area contributed by atoms with Gasteiger partial charge in [0.05, 0.1) is 5.88 Å². The molecular formula is C4H7ClO2P+. The summed E-state index contributed by atoms with van der Waals surface area (Å²) in [6.45, 7) is 3.58. The molecule has 0 fully saturated rings. The Labute approximate surface area is 54.4 Å². The molecule has 0 aliphatic carbocycles. The molecule has 2 nitrogen and oxygen atoms in total. The van der Waals surface area contributed by atoms with E-state index in [0.29, 0.717) is 12.5 Å². The lowest BCUT2D eigenvalue weighted by atomic mass is 10.9. The lowest BCUT2D eigenvalue weighted by Gasteiger charge is -1.77. The van der Waals surface area contributed by atoms with Crippen LogP contribution in [0.5, 0.6) is 0 Å². The van der Waals surface area contributed by atoms with E-state index in [1.165, 1.54) is 5.82 Å². The molecule has 0 aliphatic rings. The molecule has 8 heavy (non-hydrogen) atoms. The zero-order valence-corrected chi connectivity index (χ0v) is 5.99. The monoisotopic (exact) mass is 153 g/mol. The second-order valence-electron chi connectivity index (χ2n) is 0.990. The topological polar surface area (TPSA) is 26.3 Å². The first-order chi connectivity index (χ1) is 3.81. The molecule has 0 aliphatic heterocycles. The van der Waals surface area contributed by atoms with Crippen molar-refractivity contribution in [3.63, 3.8) is 0 Å². The van der Waals surface area contributed by atoms with Crippen LogP contribution in [0.4, 0.5) is 0 Å². The van der Waals surface area contributed by atoms with Crippen LogP contribution in [0.2, 0.25) is 0 Å². The van der Waals surface area contributed by atoms with Gasteiger partial charge in [0.1, 0.15) is 6.61 Å². The summed E-state index contributed by atoms with van der Waals surface area (Å²) in [5.74, 6) is 1.62. The third-order valence-corrected chi connectivity index (χ3v) is 1.33. The van der Waals surface area contributed by atoms with E-state index in [4.69, 9.17) is 11.6 Å². The summed E-state index contributed by atoms with van der Waals surface area (Å²) >= 11 is 5.21.